The quantitative estimate of drug-likeness (QED) is 0.348. The van der Waals surface area contributed by atoms with E-state index in [1.165, 1.54) is 11.1 Å². The monoisotopic (exact) mass is 484 g/mol. The molecule has 0 saturated carbocycles. The molecule has 1 aromatic heterocycles. The topological polar surface area (TPSA) is 60.2 Å². The average molecular weight is 485 g/mol. The Kier molecular flexibility index (Phi) is 7.25. The summed E-state index contributed by atoms with van der Waals surface area (Å²) in [6, 6.07) is 26.6. The molecule has 7 heteroatoms. The molecule has 0 bridgehead atoms. The third-order valence-corrected chi connectivity index (χ3v) is 7.04. The lowest BCUT2D eigenvalue weighted by Gasteiger charge is -2.27. The number of aromatic nitrogens is 3. The van der Waals surface area contributed by atoms with E-state index < -0.39 is 0 Å². The number of rotatable bonds is 7. The van der Waals surface area contributed by atoms with Gasteiger partial charge in [0.05, 0.1) is 13.2 Å². The van der Waals surface area contributed by atoms with Gasteiger partial charge in [0.1, 0.15) is 5.82 Å². The van der Waals surface area contributed by atoms with Crippen molar-refractivity contribution in [2.75, 3.05) is 26.3 Å². The Bertz CT molecular complexity index is 1280. The Balaban J connectivity index is 1.37. The van der Waals surface area contributed by atoms with Gasteiger partial charge >= 0.3 is 0 Å². The summed E-state index contributed by atoms with van der Waals surface area (Å²) in [7, 11) is 0. The van der Waals surface area contributed by atoms with Gasteiger partial charge in [-0.1, -0.05) is 71.9 Å². The van der Waals surface area contributed by atoms with Gasteiger partial charge in [-0.2, -0.15) is 0 Å². The van der Waals surface area contributed by atoms with Crippen LogP contribution in [-0.4, -0.2) is 51.9 Å². The van der Waals surface area contributed by atoms with Crippen molar-refractivity contribution in [1.82, 2.24) is 19.7 Å². The molecular formula is C28H28N4O2S. The number of thioether (sulfide) groups is 1. The molecule has 0 spiro atoms. The number of morpholine rings is 1. The highest BCUT2D eigenvalue weighted by molar-refractivity contribution is 7.98. The number of hydrogen-bond acceptors (Lipinski definition) is 5. The zero-order valence-electron chi connectivity index (χ0n) is 19.8. The van der Waals surface area contributed by atoms with Crippen molar-refractivity contribution in [3.05, 3.63) is 107 Å². The van der Waals surface area contributed by atoms with Crippen LogP contribution < -0.4 is 0 Å². The first-order valence-electron chi connectivity index (χ1n) is 11.8. The number of benzene rings is 3. The molecule has 0 atom stereocenters. The fraction of sp³-hybridized carbons (Fsp3) is 0.250. The maximum absolute atomic E-state index is 12.9. The second-order valence-corrected chi connectivity index (χ2v) is 9.57. The highest BCUT2D eigenvalue weighted by Crippen LogP contribution is 2.27. The summed E-state index contributed by atoms with van der Waals surface area (Å²) in [5.41, 5.74) is 5.25. The van der Waals surface area contributed by atoms with Crippen molar-refractivity contribution < 1.29 is 9.53 Å². The largest absolute Gasteiger partial charge is 0.378 e. The van der Waals surface area contributed by atoms with Crippen molar-refractivity contribution in [1.29, 1.82) is 0 Å². The minimum atomic E-state index is 0.0631. The van der Waals surface area contributed by atoms with E-state index in [9.17, 15) is 4.79 Å². The van der Waals surface area contributed by atoms with Crippen molar-refractivity contribution in [2.45, 2.75) is 24.3 Å². The standard InChI is InChI=1S/C28H28N4O2S/c1-21-10-12-25(13-11-21)32-26(19-22-6-3-2-4-7-22)29-30-28(32)35-20-23-8-5-9-24(18-23)27(33)31-14-16-34-17-15-31/h2-13,18H,14-17,19-20H2,1H3. The lowest BCUT2D eigenvalue weighted by atomic mass is 10.1. The number of amides is 1. The predicted molar refractivity (Wildman–Crippen MR) is 138 cm³/mol. The molecule has 1 saturated heterocycles. The van der Waals surface area contributed by atoms with E-state index in [1.807, 2.05) is 41.3 Å². The number of carbonyl (C=O) groups is 1. The second-order valence-electron chi connectivity index (χ2n) is 8.63. The highest BCUT2D eigenvalue weighted by atomic mass is 32.2. The molecule has 1 amide bonds. The summed E-state index contributed by atoms with van der Waals surface area (Å²) in [5.74, 6) is 1.66. The Morgan fingerprint density at radius 2 is 1.66 bits per heavy atom. The zero-order valence-corrected chi connectivity index (χ0v) is 20.6. The van der Waals surface area contributed by atoms with Crippen LogP contribution in [0.25, 0.3) is 5.69 Å². The molecule has 2 heterocycles. The summed E-state index contributed by atoms with van der Waals surface area (Å²) in [6.07, 6.45) is 0.700. The van der Waals surface area contributed by atoms with Gasteiger partial charge in [-0.05, 0) is 42.3 Å². The maximum Gasteiger partial charge on any atom is 0.254 e. The molecule has 6 nitrogen and oxygen atoms in total. The first-order valence-corrected chi connectivity index (χ1v) is 12.8. The molecule has 1 aliphatic rings. The smallest absolute Gasteiger partial charge is 0.254 e. The number of ether oxygens (including phenoxy) is 1. The van der Waals surface area contributed by atoms with Gasteiger partial charge < -0.3 is 9.64 Å². The summed E-state index contributed by atoms with van der Waals surface area (Å²) in [4.78, 5) is 14.8. The van der Waals surface area contributed by atoms with Gasteiger partial charge in [-0.3, -0.25) is 9.36 Å². The summed E-state index contributed by atoms with van der Waals surface area (Å²) in [5, 5.41) is 9.93. The van der Waals surface area contributed by atoms with E-state index >= 15 is 0 Å². The van der Waals surface area contributed by atoms with E-state index in [1.54, 1.807) is 11.8 Å². The molecule has 0 radical (unpaired) electrons. The van der Waals surface area contributed by atoms with Crippen LogP contribution in [0.4, 0.5) is 0 Å². The average Bonchev–Trinajstić information content (AvgIpc) is 3.31. The molecule has 35 heavy (non-hydrogen) atoms. The molecule has 5 rings (SSSR count). The van der Waals surface area contributed by atoms with Gasteiger partial charge in [0, 0.05) is 36.5 Å². The van der Waals surface area contributed by atoms with E-state index in [0.717, 1.165) is 27.8 Å². The molecule has 0 N–H and O–H groups in total. The summed E-state index contributed by atoms with van der Waals surface area (Å²) < 4.78 is 7.52. The van der Waals surface area contributed by atoms with Crippen molar-refractivity contribution in [3.63, 3.8) is 0 Å². The van der Waals surface area contributed by atoms with Crippen LogP contribution >= 0.6 is 11.8 Å². The molecule has 1 fully saturated rings. The van der Waals surface area contributed by atoms with Gasteiger partial charge in [0.2, 0.25) is 0 Å². The van der Waals surface area contributed by atoms with Gasteiger partial charge in [-0.15, -0.1) is 10.2 Å². The fourth-order valence-corrected chi connectivity index (χ4v) is 5.04. The van der Waals surface area contributed by atoms with E-state index in [-0.39, 0.29) is 5.91 Å². The lowest BCUT2D eigenvalue weighted by molar-refractivity contribution is 0.0303. The first-order chi connectivity index (χ1) is 17.2. The first kappa shape index (κ1) is 23.3. The fourth-order valence-electron chi connectivity index (χ4n) is 4.13. The molecular weight excluding hydrogens is 456 g/mol. The van der Waals surface area contributed by atoms with Crippen LogP contribution in [0.3, 0.4) is 0 Å². The van der Waals surface area contributed by atoms with Gasteiger partial charge in [-0.25, -0.2) is 0 Å². The van der Waals surface area contributed by atoms with E-state index in [4.69, 9.17) is 4.74 Å². The van der Waals surface area contributed by atoms with Crippen LogP contribution in [0, 0.1) is 6.92 Å². The van der Waals surface area contributed by atoms with Crippen molar-refractivity contribution in [3.8, 4) is 5.69 Å². The Labute approximate surface area is 210 Å². The molecule has 0 aliphatic carbocycles. The van der Waals surface area contributed by atoms with Crippen molar-refractivity contribution in [2.24, 2.45) is 0 Å². The number of hydrogen-bond donors (Lipinski definition) is 0. The zero-order chi connectivity index (χ0) is 24.0. The number of carbonyl (C=O) groups excluding carboxylic acids is 1. The second kappa shape index (κ2) is 10.9. The minimum absolute atomic E-state index is 0.0631. The van der Waals surface area contributed by atoms with Gasteiger partial charge in [0.15, 0.2) is 5.16 Å². The lowest BCUT2D eigenvalue weighted by Crippen LogP contribution is -2.40. The van der Waals surface area contributed by atoms with E-state index in [0.29, 0.717) is 38.5 Å². The Morgan fingerprint density at radius 3 is 2.43 bits per heavy atom. The van der Waals surface area contributed by atoms with Crippen LogP contribution in [-0.2, 0) is 16.9 Å². The Hall–Kier alpha value is -3.42. The van der Waals surface area contributed by atoms with Crippen molar-refractivity contribution >= 4 is 17.7 Å². The third kappa shape index (κ3) is 5.63. The predicted octanol–water partition coefficient (Wildman–Crippen LogP) is 4.93. The summed E-state index contributed by atoms with van der Waals surface area (Å²) >= 11 is 1.63. The van der Waals surface area contributed by atoms with Crippen LogP contribution in [0.1, 0.15) is 32.9 Å². The van der Waals surface area contributed by atoms with E-state index in [2.05, 4.69) is 64.2 Å². The Morgan fingerprint density at radius 1 is 0.914 bits per heavy atom. The molecule has 1 aliphatic heterocycles. The molecule has 4 aromatic rings. The SMILES string of the molecule is Cc1ccc(-n2c(Cc3ccccc3)nnc2SCc2cccc(C(=O)N3CCOCC3)c2)cc1. The normalized spacial score (nSPS) is 13.7. The maximum atomic E-state index is 12.9. The number of nitrogens with zero attached hydrogens (tertiary/aromatic N) is 4. The van der Waals surface area contributed by atoms with Crippen LogP contribution in [0.2, 0.25) is 0 Å². The molecule has 178 valence electrons. The third-order valence-electron chi connectivity index (χ3n) is 6.04. The van der Waals surface area contributed by atoms with Crippen LogP contribution in [0.15, 0.2) is 84.0 Å². The summed E-state index contributed by atoms with van der Waals surface area (Å²) in [6.45, 7) is 4.56. The van der Waals surface area contributed by atoms with Crippen LogP contribution in [0.5, 0.6) is 0 Å². The molecule has 3 aromatic carbocycles. The minimum Gasteiger partial charge on any atom is -0.378 e. The highest BCUT2D eigenvalue weighted by Gasteiger charge is 2.19. The number of aryl methyl sites for hydroxylation is 1. The molecule has 0 unspecified atom stereocenters. The van der Waals surface area contributed by atoms with Gasteiger partial charge in [0.25, 0.3) is 5.91 Å².